The fourth-order valence-electron chi connectivity index (χ4n) is 2.06. The molecule has 2 aromatic rings. The summed E-state index contributed by atoms with van der Waals surface area (Å²) in [5.41, 5.74) is 6.33. The summed E-state index contributed by atoms with van der Waals surface area (Å²) in [4.78, 5) is 30.3. The molecule has 2 heterocycles. The Bertz CT molecular complexity index is 740. The molecule has 0 aliphatic heterocycles. The van der Waals surface area contributed by atoms with Gasteiger partial charge in [-0.25, -0.2) is 9.97 Å². The Balaban J connectivity index is 1.84. The summed E-state index contributed by atoms with van der Waals surface area (Å²) in [5, 5.41) is 0. The van der Waals surface area contributed by atoms with Crippen molar-refractivity contribution in [2.75, 3.05) is 12.1 Å². The van der Waals surface area contributed by atoms with Crippen molar-refractivity contribution in [1.29, 1.82) is 0 Å². The molecule has 1 saturated carbocycles. The molecule has 0 radical (unpaired) electrons. The van der Waals surface area contributed by atoms with Gasteiger partial charge in [0.05, 0.1) is 18.5 Å². The van der Waals surface area contributed by atoms with Gasteiger partial charge in [0, 0.05) is 0 Å². The van der Waals surface area contributed by atoms with Crippen molar-refractivity contribution >= 4 is 47.3 Å². The van der Waals surface area contributed by atoms with Gasteiger partial charge in [-0.3, -0.25) is 4.57 Å². The van der Waals surface area contributed by atoms with Crippen LogP contribution in [0, 0.1) is 3.70 Å². The van der Waals surface area contributed by atoms with Crippen LogP contribution in [0.25, 0.3) is 11.2 Å². The molecule has 2 aromatic heterocycles. The van der Waals surface area contributed by atoms with Crippen molar-refractivity contribution < 1.29 is 19.1 Å². The minimum absolute atomic E-state index is 0.162. The van der Waals surface area contributed by atoms with Crippen molar-refractivity contribution in [3.05, 3.63) is 10.0 Å². The normalized spacial score (nSPS) is 17.3. The van der Waals surface area contributed by atoms with Gasteiger partial charge in [0.2, 0.25) is 5.95 Å². The molecular weight excluding hydrogens is 412 g/mol. The van der Waals surface area contributed by atoms with Gasteiger partial charge >= 0.3 is 7.60 Å². The maximum absolute atomic E-state index is 10.9. The highest BCUT2D eigenvalue weighted by atomic mass is 127. The summed E-state index contributed by atoms with van der Waals surface area (Å²) in [7, 11) is -4.17. The van der Waals surface area contributed by atoms with Crippen LogP contribution in [0.4, 0.5) is 5.95 Å². The predicted molar refractivity (Wildman–Crippen MR) is 82.4 cm³/mol. The molecule has 4 N–H and O–H groups in total. The van der Waals surface area contributed by atoms with E-state index in [0.717, 1.165) is 12.8 Å². The van der Waals surface area contributed by atoms with Crippen LogP contribution < -0.4 is 5.73 Å². The molecule has 11 heteroatoms. The van der Waals surface area contributed by atoms with Crippen LogP contribution in [-0.2, 0) is 15.8 Å². The quantitative estimate of drug-likeness (QED) is 0.362. The first-order valence-electron chi connectivity index (χ1n) is 6.10. The van der Waals surface area contributed by atoms with E-state index in [4.69, 9.17) is 20.3 Å². The molecule has 1 fully saturated rings. The second-order valence-electron chi connectivity index (χ2n) is 5.04. The Hall–Kier alpha value is -0.810. The number of halogens is 1. The second kappa shape index (κ2) is 5.13. The number of ether oxygens (including phenoxy) is 1. The van der Waals surface area contributed by atoms with Crippen LogP contribution in [0.2, 0.25) is 0 Å². The maximum atomic E-state index is 10.9. The molecule has 114 valence electrons. The molecule has 1 aliphatic carbocycles. The van der Waals surface area contributed by atoms with Gasteiger partial charge in [0.1, 0.15) is 15.6 Å². The molecule has 0 bridgehead atoms. The number of imidazole rings is 1. The lowest BCUT2D eigenvalue weighted by atomic mass is 10.3. The highest BCUT2D eigenvalue weighted by Gasteiger charge is 2.46. The number of aromatic nitrogens is 4. The Morgan fingerprint density at radius 2 is 2.19 bits per heavy atom. The first kappa shape index (κ1) is 15.1. The zero-order valence-electron chi connectivity index (χ0n) is 10.8. The lowest BCUT2D eigenvalue weighted by Gasteiger charge is -2.17. The Morgan fingerprint density at radius 1 is 1.48 bits per heavy atom. The number of fused-ring (bicyclic) bond motifs is 1. The topological polar surface area (TPSA) is 136 Å². The van der Waals surface area contributed by atoms with Crippen LogP contribution in [0.1, 0.15) is 12.8 Å². The Labute approximate surface area is 133 Å². The molecule has 1 aliphatic rings. The Morgan fingerprint density at radius 3 is 2.81 bits per heavy atom. The highest BCUT2D eigenvalue weighted by Crippen LogP contribution is 2.46. The number of nitrogen functional groups attached to an aromatic ring is 1. The van der Waals surface area contributed by atoms with Gasteiger partial charge in [-0.2, -0.15) is 4.98 Å². The largest absolute Gasteiger partial charge is 0.368 e. The molecule has 21 heavy (non-hydrogen) atoms. The van der Waals surface area contributed by atoms with Gasteiger partial charge in [-0.15, -0.1) is 0 Å². The standard InChI is InChI=1S/C10H13IN5O4P/c11-7-6-8(15-9(12)14-7)16(4-13-6)3-10(1-2-10)20-5-21(17,18)19/h4H,1-3,5H2,(H2,12,14,15)(H2,17,18,19). The third-order valence-corrected chi connectivity index (χ3v) is 4.46. The predicted octanol–water partition coefficient (Wildman–Crippen LogP) is 0.697. The number of rotatable bonds is 5. The van der Waals surface area contributed by atoms with E-state index in [9.17, 15) is 4.57 Å². The molecule has 0 spiro atoms. The molecular formula is C10H13IN5O4P. The van der Waals surface area contributed by atoms with E-state index in [0.29, 0.717) is 21.4 Å². The maximum Gasteiger partial charge on any atom is 0.351 e. The van der Waals surface area contributed by atoms with Crippen molar-refractivity contribution in [3.8, 4) is 0 Å². The SMILES string of the molecule is Nc1nc(I)c2ncn(CC3(OCP(=O)(O)O)CC3)c2n1. The van der Waals surface area contributed by atoms with E-state index in [1.165, 1.54) is 0 Å². The number of anilines is 1. The van der Waals surface area contributed by atoms with Crippen LogP contribution in [0.15, 0.2) is 6.33 Å². The lowest BCUT2D eigenvalue weighted by molar-refractivity contribution is 0.0417. The average Bonchev–Trinajstić information content (AvgIpc) is 3.02. The van der Waals surface area contributed by atoms with Gasteiger partial charge in [0.15, 0.2) is 5.65 Å². The zero-order valence-corrected chi connectivity index (χ0v) is 13.9. The molecule has 3 rings (SSSR count). The zero-order chi connectivity index (χ0) is 15.3. The summed E-state index contributed by atoms with van der Waals surface area (Å²) in [5.74, 6) is 0.162. The average molecular weight is 425 g/mol. The first-order valence-corrected chi connectivity index (χ1v) is 8.98. The van der Waals surface area contributed by atoms with Gasteiger partial charge in [-0.05, 0) is 35.4 Å². The highest BCUT2D eigenvalue weighted by molar-refractivity contribution is 14.1. The minimum atomic E-state index is -4.17. The molecule has 0 atom stereocenters. The summed E-state index contributed by atoms with van der Waals surface area (Å²) >= 11 is 2.04. The summed E-state index contributed by atoms with van der Waals surface area (Å²) in [6, 6.07) is 0. The lowest BCUT2D eigenvalue weighted by Crippen LogP contribution is -2.22. The van der Waals surface area contributed by atoms with Crippen LogP contribution in [0.3, 0.4) is 0 Å². The third kappa shape index (κ3) is 3.34. The van der Waals surface area contributed by atoms with E-state index >= 15 is 0 Å². The first-order chi connectivity index (χ1) is 9.78. The summed E-state index contributed by atoms with van der Waals surface area (Å²) in [6.45, 7) is 0.427. The molecule has 0 amide bonds. The van der Waals surface area contributed by atoms with E-state index in [2.05, 4.69) is 15.0 Å². The number of nitrogens with zero attached hydrogens (tertiary/aromatic N) is 4. The van der Waals surface area contributed by atoms with Crippen LogP contribution >= 0.6 is 30.2 Å². The van der Waals surface area contributed by atoms with E-state index < -0.39 is 19.5 Å². The van der Waals surface area contributed by atoms with Gasteiger partial charge in [-0.1, -0.05) is 0 Å². The van der Waals surface area contributed by atoms with Gasteiger partial charge < -0.3 is 24.8 Å². The third-order valence-electron chi connectivity index (χ3n) is 3.24. The Kier molecular flexibility index (Phi) is 3.69. The number of hydrogen-bond donors (Lipinski definition) is 3. The smallest absolute Gasteiger partial charge is 0.351 e. The van der Waals surface area contributed by atoms with Crippen LogP contribution in [-0.4, -0.2) is 41.3 Å². The van der Waals surface area contributed by atoms with Crippen molar-refractivity contribution in [2.45, 2.75) is 25.0 Å². The fourth-order valence-corrected chi connectivity index (χ4v) is 3.13. The second-order valence-corrected chi connectivity index (χ2v) is 7.65. The molecule has 0 aromatic carbocycles. The van der Waals surface area contributed by atoms with Crippen molar-refractivity contribution in [3.63, 3.8) is 0 Å². The molecule has 0 unspecified atom stereocenters. The number of hydrogen-bond acceptors (Lipinski definition) is 6. The summed E-state index contributed by atoms with van der Waals surface area (Å²) in [6.07, 6.45) is 2.52. The summed E-state index contributed by atoms with van der Waals surface area (Å²) < 4.78 is 18.8. The van der Waals surface area contributed by atoms with Gasteiger partial charge in [0.25, 0.3) is 0 Å². The molecule has 0 saturated heterocycles. The minimum Gasteiger partial charge on any atom is -0.368 e. The van der Waals surface area contributed by atoms with Crippen LogP contribution in [0.5, 0.6) is 0 Å². The van der Waals surface area contributed by atoms with E-state index in [1.807, 2.05) is 22.6 Å². The van der Waals surface area contributed by atoms with Crippen molar-refractivity contribution in [1.82, 2.24) is 19.5 Å². The molecule has 9 nitrogen and oxygen atoms in total. The monoisotopic (exact) mass is 425 g/mol. The van der Waals surface area contributed by atoms with E-state index in [1.54, 1.807) is 10.9 Å². The fraction of sp³-hybridized carbons (Fsp3) is 0.500. The number of nitrogens with two attached hydrogens (primary N) is 1. The van der Waals surface area contributed by atoms with Crippen molar-refractivity contribution in [2.24, 2.45) is 0 Å². The van der Waals surface area contributed by atoms with E-state index in [-0.39, 0.29) is 5.95 Å².